The molecule has 0 bridgehead atoms. The number of nitrogens with zero attached hydrogens (tertiary/aromatic N) is 2. The van der Waals surface area contributed by atoms with Gasteiger partial charge in [-0.3, -0.25) is 14.4 Å². The Balaban J connectivity index is 2.08. The number of halogens is 1. The number of hydrogen-bond donors (Lipinski definition) is 1. The SMILES string of the molecule is CCCC(=O)N1CCCC(C(=O)N(CC(=O)O)Cc2ccc(Cl)cc2)C1. The predicted molar refractivity (Wildman–Crippen MR) is 98.7 cm³/mol. The summed E-state index contributed by atoms with van der Waals surface area (Å²) >= 11 is 5.88. The molecule has 1 fully saturated rings. The van der Waals surface area contributed by atoms with Crippen LogP contribution in [0.5, 0.6) is 0 Å². The van der Waals surface area contributed by atoms with Crippen molar-refractivity contribution in [3.63, 3.8) is 0 Å². The van der Waals surface area contributed by atoms with Gasteiger partial charge in [0, 0.05) is 31.1 Å². The molecule has 1 aliphatic rings. The number of piperidine rings is 1. The molecule has 1 aromatic rings. The molecule has 2 rings (SSSR count). The predicted octanol–water partition coefficient (Wildman–Crippen LogP) is 2.79. The minimum Gasteiger partial charge on any atom is -0.480 e. The van der Waals surface area contributed by atoms with Gasteiger partial charge in [-0.15, -0.1) is 0 Å². The van der Waals surface area contributed by atoms with Gasteiger partial charge in [0.1, 0.15) is 6.54 Å². The van der Waals surface area contributed by atoms with Crippen molar-refractivity contribution in [2.24, 2.45) is 5.92 Å². The fourth-order valence-electron chi connectivity index (χ4n) is 3.22. The lowest BCUT2D eigenvalue weighted by molar-refractivity contribution is -0.149. The number of amides is 2. The molecule has 2 amide bonds. The Labute approximate surface area is 158 Å². The zero-order valence-corrected chi connectivity index (χ0v) is 15.7. The van der Waals surface area contributed by atoms with E-state index in [9.17, 15) is 19.5 Å². The van der Waals surface area contributed by atoms with Crippen molar-refractivity contribution in [1.29, 1.82) is 0 Å². The molecular weight excluding hydrogens is 356 g/mol. The number of carbonyl (C=O) groups is 3. The number of carboxylic acid groups (broad SMARTS) is 1. The van der Waals surface area contributed by atoms with Gasteiger partial charge >= 0.3 is 5.97 Å². The molecule has 0 aliphatic carbocycles. The van der Waals surface area contributed by atoms with Gasteiger partial charge in [-0.1, -0.05) is 30.7 Å². The quantitative estimate of drug-likeness (QED) is 0.789. The first-order valence-corrected chi connectivity index (χ1v) is 9.31. The number of carboxylic acids is 1. The first-order valence-electron chi connectivity index (χ1n) is 8.93. The van der Waals surface area contributed by atoms with E-state index in [4.69, 9.17) is 11.6 Å². The van der Waals surface area contributed by atoms with E-state index in [0.29, 0.717) is 31.0 Å². The molecule has 0 aromatic heterocycles. The van der Waals surface area contributed by atoms with Gasteiger partial charge in [-0.25, -0.2) is 0 Å². The highest BCUT2D eigenvalue weighted by Crippen LogP contribution is 2.21. The highest BCUT2D eigenvalue weighted by atomic mass is 35.5. The van der Waals surface area contributed by atoms with Crippen molar-refractivity contribution in [2.45, 2.75) is 39.2 Å². The van der Waals surface area contributed by atoms with E-state index in [0.717, 1.165) is 18.4 Å². The van der Waals surface area contributed by atoms with Crippen LogP contribution in [-0.4, -0.2) is 52.3 Å². The van der Waals surface area contributed by atoms with Gasteiger partial charge in [-0.2, -0.15) is 0 Å². The first-order chi connectivity index (χ1) is 12.4. The molecule has 1 N–H and O–H groups in total. The Kier molecular flexibility index (Phi) is 7.45. The van der Waals surface area contributed by atoms with Crippen LogP contribution in [0.4, 0.5) is 0 Å². The van der Waals surface area contributed by atoms with Crippen LogP contribution in [0.15, 0.2) is 24.3 Å². The summed E-state index contributed by atoms with van der Waals surface area (Å²) in [7, 11) is 0. The Bertz CT molecular complexity index is 647. The average Bonchev–Trinajstić information content (AvgIpc) is 2.62. The van der Waals surface area contributed by atoms with Crippen LogP contribution in [-0.2, 0) is 20.9 Å². The molecule has 7 heteroatoms. The second-order valence-corrected chi connectivity index (χ2v) is 7.08. The van der Waals surface area contributed by atoms with Gasteiger partial charge in [-0.05, 0) is 37.0 Å². The number of likely N-dealkylation sites (tertiary alicyclic amines) is 1. The molecule has 26 heavy (non-hydrogen) atoms. The standard InChI is InChI=1S/C19H25ClN2O4/c1-2-4-17(23)21-10-3-5-15(12-21)19(26)22(13-18(24)25)11-14-6-8-16(20)9-7-14/h6-9,15H,2-5,10-13H2,1H3,(H,24,25). The Morgan fingerprint density at radius 2 is 1.96 bits per heavy atom. The molecule has 0 spiro atoms. The summed E-state index contributed by atoms with van der Waals surface area (Å²) in [6, 6.07) is 6.99. The van der Waals surface area contributed by atoms with Crippen LogP contribution < -0.4 is 0 Å². The molecule has 1 saturated heterocycles. The average molecular weight is 381 g/mol. The molecule has 0 radical (unpaired) electrons. The number of hydrogen-bond acceptors (Lipinski definition) is 3. The fraction of sp³-hybridized carbons (Fsp3) is 0.526. The van der Waals surface area contributed by atoms with E-state index in [2.05, 4.69) is 0 Å². The molecule has 1 atom stereocenters. The summed E-state index contributed by atoms with van der Waals surface area (Å²) in [5.41, 5.74) is 0.818. The second kappa shape index (κ2) is 9.57. The zero-order chi connectivity index (χ0) is 19.1. The maximum Gasteiger partial charge on any atom is 0.323 e. The number of benzene rings is 1. The summed E-state index contributed by atoms with van der Waals surface area (Å²) in [5.74, 6) is -1.55. The second-order valence-electron chi connectivity index (χ2n) is 6.64. The van der Waals surface area contributed by atoms with Crippen LogP contribution in [0.2, 0.25) is 5.02 Å². The van der Waals surface area contributed by atoms with E-state index in [-0.39, 0.29) is 30.8 Å². The highest BCUT2D eigenvalue weighted by molar-refractivity contribution is 6.30. The Hall–Kier alpha value is -2.08. The monoisotopic (exact) mass is 380 g/mol. The van der Waals surface area contributed by atoms with E-state index in [1.54, 1.807) is 29.2 Å². The van der Waals surface area contributed by atoms with Gasteiger partial charge < -0.3 is 14.9 Å². The van der Waals surface area contributed by atoms with Crippen molar-refractivity contribution in [3.05, 3.63) is 34.9 Å². The van der Waals surface area contributed by atoms with E-state index < -0.39 is 5.97 Å². The maximum absolute atomic E-state index is 12.9. The summed E-state index contributed by atoms with van der Waals surface area (Å²) in [6.07, 6.45) is 2.68. The summed E-state index contributed by atoms with van der Waals surface area (Å²) in [6.45, 7) is 2.83. The van der Waals surface area contributed by atoms with E-state index >= 15 is 0 Å². The number of carbonyl (C=O) groups excluding carboxylic acids is 2. The third-order valence-corrected chi connectivity index (χ3v) is 4.76. The molecule has 1 aromatic carbocycles. The topological polar surface area (TPSA) is 77.9 Å². The molecule has 142 valence electrons. The van der Waals surface area contributed by atoms with Crippen molar-refractivity contribution in [1.82, 2.24) is 9.80 Å². The normalized spacial score (nSPS) is 17.0. The minimum atomic E-state index is -1.05. The Morgan fingerprint density at radius 3 is 2.58 bits per heavy atom. The van der Waals surface area contributed by atoms with Crippen LogP contribution in [0.1, 0.15) is 38.2 Å². The number of aliphatic carboxylic acids is 1. The molecule has 1 unspecified atom stereocenters. The van der Waals surface area contributed by atoms with Crippen molar-refractivity contribution in [2.75, 3.05) is 19.6 Å². The third kappa shape index (κ3) is 5.73. The van der Waals surface area contributed by atoms with E-state index in [1.165, 1.54) is 4.90 Å². The van der Waals surface area contributed by atoms with Gasteiger partial charge in [0.2, 0.25) is 11.8 Å². The van der Waals surface area contributed by atoms with Crippen LogP contribution in [0.25, 0.3) is 0 Å². The fourth-order valence-corrected chi connectivity index (χ4v) is 3.35. The maximum atomic E-state index is 12.9. The van der Waals surface area contributed by atoms with Crippen LogP contribution >= 0.6 is 11.6 Å². The molecular formula is C19H25ClN2O4. The van der Waals surface area contributed by atoms with Crippen LogP contribution in [0.3, 0.4) is 0 Å². The molecule has 1 aliphatic heterocycles. The van der Waals surface area contributed by atoms with Gasteiger partial charge in [0.15, 0.2) is 0 Å². The van der Waals surface area contributed by atoms with E-state index in [1.807, 2.05) is 6.92 Å². The first kappa shape index (κ1) is 20.2. The van der Waals surface area contributed by atoms with Crippen molar-refractivity contribution in [3.8, 4) is 0 Å². The zero-order valence-electron chi connectivity index (χ0n) is 15.0. The lowest BCUT2D eigenvalue weighted by Crippen LogP contribution is -2.47. The molecule has 1 heterocycles. The molecule has 0 saturated carbocycles. The Morgan fingerprint density at radius 1 is 1.27 bits per heavy atom. The van der Waals surface area contributed by atoms with Crippen molar-refractivity contribution < 1.29 is 19.5 Å². The summed E-state index contributed by atoms with van der Waals surface area (Å²) in [5, 5.41) is 9.77. The summed E-state index contributed by atoms with van der Waals surface area (Å²) < 4.78 is 0. The van der Waals surface area contributed by atoms with Crippen molar-refractivity contribution >= 4 is 29.4 Å². The third-order valence-electron chi connectivity index (χ3n) is 4.51. The van der Waals surface area contributed by atoms with Gasteiger partial charge in [0.05, 0.1) is 5.92 Å². The lowest BCUT2D eigenvalue weighted by Gasteiger charge is -2.34. The van der Waals surface area contributed by atoms with Gasteiger partial charge in [0.25, 0.3) is 0 Å². The largest absolute Gasteiger partial charge is 0.480 e. The smallest absolute Gasteiger partial charge is 0.323 e. The van der Waals surface area contributed by atoms with Crippen LogP contribution in [0, 0.1) is 5.92 Å². The number of rotatable bonds is 7. The molecule has 6 nitrogen and oxygen atoms in total. The lowest BCUT2D eigenvalue weighted by atomic mass is 9.95. The summed E-state index contributed by atoms with van der Waals surface area (Å²) in [4.78, 5) is 39.4. The highest BCUT2D eigenvalue weighted by Gasteiger charge is 2.31. The minimum absolute atomic E-state index is 0.0625.